The molecule has 1 rings (SSSR count). The maximum atomic E-state index is 12.2. The maximum Gasteiger partial charge on any atom is 0.245 e. The predicted octanol–water partition coefficient (Wildman–Crippen LogP) is 1.98. The molecule has 1 N–H and O–H groups in total. The molecule has 0 unspecified atom stereocenters. The van der Waals surface area contributed by atoms with Crippen LogP contribution in [0.15, 0.2) is 10.6 Å². The molecule has 124 valence electrons. The van der Waals surface area contributed by atoms with Gasteiger partial charge in [0, 0.05) is 32.7 Å². The van der Waals surface area contributed by atoms with Gasteiger partial charge in [-0.3, -0.25) is 9.59 Å². The number of nitrogens with zero attached hydrogens (tertiary/aromatic N) is 2. The molecule has 1 heterocycles. The number of hydrogen-bond acceptors (Lipinski definition) is 5. The summed E-state index contributed by atoms with van der Waals surface area (Å²) in [5, 5.41) is 6.33. The molecule has 1 aromatic rings. The number of aromatic nitrogens is 1. The average Bonchev–Trinajstić information content (AvgIpc) is 2.88. The number of methoxy groups -OCH3 is 1. The Morgan fingerprint density at radius 2 is 2.18 bits per heavy atom. The van der Waals surface area contributed by atoms with Crippen molar-refractivity contribution in [3.63, 3.8) is 0 Å². The Balaban J connectivity index is 2.53. The van der Waals surface area contributed by atoms with Crippen molar-refractivity contribution >= 4 is 17.6 Å². The lowest BCUT2D eigenvalue weighted by molar-refractivity contribution is -0.135. The highest BCUT2D eigenvalue weighted by molar-refractivity contribution is 5.93. The van der Waals surface area contributed by atoms with E-state index in [0.717, 1.165) is 12.8 Å². The third-order valence-electron chi connectivity index (χ3n) is 3.10. The van der Waals surface area contributed by atoms with Gasteiger partial charge < -0.3 is 19.5 Å². The van der Waals surface area contributed by atoms with Crippen LogP contribution in [0, 0.1) is 6.92 Å². The van der Waals surface area contributed by atoms with Gasteiger partial charge in [-0.1, -0.05) is 18.5 Å². The lowest BCUT2D eigenvalue weighted by atomic mass is 10.2. The van der Waals surface area contributed by atoms with Crippen LogP contribution in [0.3, 0.4) is 0 Å². The Morgan fingerprint density at radius 3 is 2.77 bits per heavy atom. The molecule has 7 heteroatoms. The third-order valence-corrected chi connectivity index (χ3v) is 3.10. The lowest BCUT2D eigenvalue weighted by Crippen LogP contribution is -2.39. The maximum absolute atomic E-state index is 12.2. The van der Waals surface area contributed by atoms with Gasteiger partial charge >= 0.3 is 0 Å². The van der Waals surface area contributed by atoms with Crippen molar-refractivity contribution in [1.82, 2.24) is 10.1 Å². The molecule has 0 aliphatic carbocycles. The van der Waals surface area contributed by atoms with Gasteiger partial charge in [-0.05, 0) is 19.8 Å². The van der Waals surface area contributed by atoms with Crippen molar-refractivity contribution in [2.45, 2.75) is 39.5 Å². The Kier molecular flexibility index (Phi) is 8.21. The summed E-state index contributed by atoms with van der Waals surface area (Å²) in [6.07, 6.45) is 2.93. The molecular formula is C15H25N3O4. The van der Waals surface area contributed by atoms with Crippen LogP contribution in [0.4, 0.5) is 5.82 Å². The minimum Gasteiger partial charge on any atom is -0.385 e. The van der Waals surface area contributed by atoms with E-state index in [-0.39, 0.29) is 18.4 Å². The molecule has 0 bridgehead atoms. The number of rotatable bonds is 10. The van der Waals surface area contributed by atoms with Crippen molar-refractivity contribution in [2.24, 2.45) is 0 Å². The Hall–Kier alpha value is -1.89. The standard InChI is InChI=1S/C15H25N3O4/c1-4-5-7-15(20)18(8-6-9-21-3)11-14(19)16-13-10-12(2)22-17-13/h10H,4-9,11H2,1-3H3,(H,16,17,19). The summed E-state index contributed by atoms with van der Waals surface area (Å²) in [5.74, 6) is 0.687. The second kappa shape index (κ2) is 9.94. The zero-order chi connectivity index (χ0) is 16.4. The quantitative estimate of drug-likeness (QED) is 0.668. The van der Waals surface area contributed by atoms with Crippen LogP contribution < -0.4 is 5.32 Å². The number of carbonyl (C=O) groups excluding carboxylic acids is 2. The average molecular weight is 311 g/mol. The second-order valence-corrected chi connectivity index (χ2v) is 5.14. The summed E-state index contributed by atoms with van der Waals surface area (Å²) < 4.78 is 9.88. The molecule has 0 saturated heterocycles. The third kappa shape index (κ3) is 6.71. The number of amides is 2. The van der Waals surface area contributed by atoms with Gasteiger partial charge in [0.25, 0.3) is 0 Å². The molecule has 0 atom stereocenters. The normalized spacial score (nSPS) is 10.5. The molecular weight excluding hydrogens is 286 g/mol. The molecule has 7 nitrogen and oxygen atoms in total. The van der Waals surface area contributed by atoms with Crippen molar-refractivity contribution in [3.8, 4) is 0 Å². The van der Waals surface area contributed by atoms with Gasteiger partial charge in [0.1, 0.15) is 5.76 Å². The highest BCUT2D eigenvalue weighted by Gasteiger charge is 2.17. The number of hydrogen-bond donors (Lipinski definition) is 1. The Bertz CT molecular complexity index is 473. The lowest BCUT2D eigenvalue weighted by Gasteiger charge is -2.21. The van der Waals surface area contributed by atoms with E-state index >= 15 is 0 Å². The first-order chi connectivity index (χ1) is 10.6. The zero-order valence-electron chi connectivity index (χ0n) is 13.6. The molecule has 2 amide bonds. The first-order valence-electron chi connectivity index (χ1n) is 7.56. The highest BCUT2D eigenvalue weighted by Crippen LogP contribution is 2.08. The van der Waals surface area contributed by atoms with E-state index in [0.29, 0.717) is 37.6 Å². The van der Waals surface area contributed by atoms with Crippen molar-refractivity contribution < 1.29 is 18.8 Å². The van der Waals surface area contributed by atoms with E-state index in [9.17, 15) is 9.59 Å². The fraction of sp³-hybridized carbons (Fsp3) is 0.667. The largest absolute Gasteiger partial charge is 0.385 e. The smallest absolute Gasteiger partial charge is 0.245 e. The predicted molar refractivity (Wildman–Crippen MR) is 82.5 cm³/mol. The minimum atomic E-state index is -0.282. The molecule has 0 spiro atoms. The number of unbranched alkanes of at least 4 members (excludes halogenated alkanes) is 1. The van der Waals surface area contributed by atoms with Crippen LogP contribution in [0.5, 0.6) is 0 Å². The van der Waals surface area contributed by atoms with Crippen LogP contribution in [0.1, 0.15) is 38.4 Å². The van der Waals surface area contributed by atoms with Crippen LogP contribution in [0.2, 0.25) is 0 Å². The molecule has 0 radical (unpaired) electrons. The van der Waals surface area contributed by atoms with Crippen LogP contribution in [-0.4, -0.2) is 48.7 Å². The summed E-state index contributed by atoms with van der Waals surface area (Å²) >= 11 is 0. The van der Waals surface area contributed by atoms with E-state index in [1.807, 2.05) is 6.92 Å². The molecule has 1 aromatic heterocycles. The van der Waals surface area contributed by atoms with Gasteiger partial charge in [0.15, 0.2) is 5.82 Å². The van der Waals surface area contributed by atoms with E-state index in [2.05, 4.69) is 10.5 Å². The van der Waals surface area contributed by atoms with Gasteiger partial charge in [0.2, 0.25) is 11.8 Å². The molecule has 0 saturated carbocycles. The topological polar surface area (TPSA) is 84.7 Å². The van der Waals surface area contributed by atoms with E-state index in [1.165, 1.54) is 0 Å². The van der Waals surface area contributed by atoms with Crippen molar-refractivity contribution in [3.05, 3.63) is 11.8 Å². The number of aryl methyl sites for hydroxylation is 1. The highest BCUT2D eigenvalue weighted by atomic mass is 16.5. The molecule has 0 aromatic carbocycles. The summed E-state index contributed by atoms with van der Waals surface area (Å²) in [7, 11) is 1.61. The second-order valence-electron chi connectivity index (χ2n) is 5.14. The summed E-state index contributed by atoms with van der Waals surface area (Å²) in [6.45, 7) is 4.84. The number of nitrogens with one attached hydrogen (secondary N) is 1. The summed E-state index contributed by atoms with van der Waals surface area (Å²) in [4.78, 5) is 25.8. The fourth-order valence-electron chi connectivity index (χ4n) is 1.96. The Morgan fingerprint density at radius 1 is 1.41 bits per heavy atom. The van der Waals surface area contributed by atoms with E-state index in [4.69, 9.17) is 9.26 Å². The van der Waals surface area contributed by atoms with Crippen molar-refractivity contribution in [2.75, 3.05) is 32.1 Å². The Labute approximate surface area is 131 Å². The first-order valence-corrected chi connectivity index (χ1v) is 7.56. The van der Waals surface area contributed by atoms with E-state index < -0.39 is 0 Å². The van der Waals surface area contributed by atoms with E-state index in [1.54, 1.807) is 25.0 Å². The fourth-order valence-corrected chi connectivity index (χ4v) is 1.96. The number of carbonyl (C=O) groups is 2. The molecule has 0 aliphatic rings. The summed E-state index contributed by atoms with van der Waals surface area (Å²) in [6, 6.07) is 1.63. The number of anilines is 1. The SMILES string of the molecule is CCCCC(=O)N(CCCOC)CC(=O)Nc1cc(C)on1. The first kappa shape index (κ1) is 18.2. The van der Waals surface area contributed by atoms with Crippen LogP contribution >= 0.6 is 0 Å². The van der Waals surface area contributed by atoms with Crippen molar-refractivity contribution in [1.29, 1.82) is 0 Å². The van der Waals surface area contributed by atoms with Gasteiger partial charge in [0.05, 0.1) is 6.54 Å². The minimum absolute atomic E-state index is 0.00978. The van der Waals surface area contributed by atoms with Gasteiger partial charge in [-0.25, -0.2) is 0 Å². The molecule has 0 fully saturated rings. The van der Waals surface area contributed by atoms with Gasteiger partial charge in [-0.2, -0.15) is 0 Å². The number of ether oxygens (including phenoxy) is 1. The summed E-state index contributed by atoms with van der Waals surface area (Å²) in [5.41, 5.74) is 0. The van der Waals surface area contributed by atoms with Crippen LogP contribution in [0.25, 0.3) is 0 Å². The zero-order valence-corrected chi connectivity index (χ0v) is 13.6. The van der Waals surface area contributed by atoms with Crippen LogP contribution in [-0.2, 0) is 14.3 Å². The monoisotopic (exact) mass is 311 g/mol. The molecule has 0 aliphatic heterocycles. The molecule has 22 heavy (non-hydrogen) atoms. The van der Waals surface area contributed by atoms with Gasteiger partial charge in [-0.15, -0.1) is 0 Å².